The lowest BCUT2D eigenvalue weighted by atomic mass is 10.2. The number of benzene rings is 1. The smallest absolute Gasteiger partial charge is 0.246 e. The predicted octanol–water partition coefficient (Wildman–Crippen LogP) is 1.94. The van der Waals surface area contributed by atoms with Gasteiger partial charge in [-0.1, -0.05) is 20.8 Å². The Bertz CT molecular complexity index is 527. The Kier molecular flexibility index (Phi) is 5.20. The molecule has 0 saturated heterocycles. The number of nitrogen functional groups attached to an aromatic ring is 1. The summed E-state index contributed by atoms with van der Waals surface area (Å²) < 4.78 is 31.8. The fourth-order valence-corrected chi connectivity index (χ4v) is 3.64. The minimum absolute atomic E-state index is 0.123. The van der Waals surface area contributed by atoms with E-state index in [1.807, 2.05) is 20.8 Å². The number of sulfonamides is 1. The van der Waals surface area contributed by atoms with E-state index in [0.717, 1.165) is 0 Å². The van der Waals surface area contributed by atoms with E-state index in [1.54, 1.807) is 12.1 Å². The molecule has 0 spiro atoms. The summed E-state index contributed by atoms with van der Waals surface area (Å²) in [5.74, 6) is 0.568. The van der Waals surface area contributed by atoms with Crippen molar-refractivity contribution in [1.29, 1.82) is 0 Å². The van der Waals surface area contributed by atoms with Gasteiger partial charge in [-0.15, -0.1) is 0 Å². The van der Waals surface area contributed by atoms with Crippen molar-refractivity contribution in [3.8, 4) is 5.75 Å². The molecule has 0 amide bonds. The van der Waals surface area contributed by atoms with E-state index >= 15 is 0 Å². The molecule has 2 N–H and O–H groups in total. The molecule has 0 saturated carbocycles. The van der Waals surface area contributed by atoms with Gasteiger partial charge in [0.25, 0.3) is 0 Å². The van der Waals surface area contributed by atoms with Crippen molar-refractivity contribution in [1.82, 2.24) is 4.31 Å². The number of hydrogen-bond acceptors (Lipinski definition) is 4. The Morgan fingerprint density at radius 3 is 2.47 bits per heavy atom. The van der Waals surface area contributed by atoms with Crippen LogP contribution in [-0.2, 0) is 10.0 Å². The number of hydrogen-bond donors (Lipinski definition) is 1. The van der Waals surface area contributed by atoms with Crippen LogP contribution in [0.5, 0.6) is 5.75 Å². The van der Waals surface area contributed by atoms with E-state index < -0.39 is 10.0 Å². The Morgan fingerprint density at radius 2 is 2.00 bits per heavy atom. The van der Waals surface area contributed by atoms with E-state index in [4.69, 9.17) is 10.5 Å². The third-order valence-corrected chi connectivity index (χ3v) is 4.69. The van der Waals surface area contributed by atoms with Gasteiger partial charge in [0.2, 0.25) is 10.0 Å². The van der Waals surface area contributed by atoms with E-state index in [1.165, 1.54) is 17.5 Å². The molecule has 1 rings (SSSR count). The summed E-state index contributed by atoms with van der Waals surface area (Å²) in [6.07, 6.45) is 0. The third-order valence-electron chi connectivity index (χ3n) is 2.73. The Hall–Kier alpha value is -1.27. The van der Waals surface area contributed by atoms with Crippen molar-refractivity contribution in [3.63, 3.8) is 0 Å². The summed E-state index contributed by atoms with van der Waals surface area (Å²) in [6.45, 7) is 6.66. The number of nitrogens with zero attached hydrogens (tertiary/aromatic N) is 1. The summed E-state index contributed by atoms with van der Waals surface area (Å²) in [5, 5.41) is 0. The Labute approximate surface area is 115 Å². The van der Waals surface area contributed by atoms with E-state index in [9.17, 15) is 8.42 Å². The number of methoxy groups -OCH3 is 1. The molecule has 108 valence electrons. The molecule has 0 aromatic heterocycles. The minimum atomic E-state index is -3.58. The van der Waals surface area contributed by atoms with Crippen LogP contribution < -0.4 is 10.5 Å². The van der Waals surface area contributed by atoms with Crippen LogP contribution in [0.1, 0.15) is 20.8 Å². The van der Waals surface area contributed by atoms with Crippen molar-refractivity contribution >= 4 is 15.7 Å². The van der Waals surface area contributed by atoms with Crippen LogP contribution in [-0.4, -0.2) is 32.9 Å². The lowest BCUT2D eigenvalue weighted by Gasteiger charge is -2.23. The van der Waals surface area contributed by atoms with Gasteiger partial charge in [-0.05, 0) is 24.1 Å². The first-order chi connectivity index (χ1) is 8.82. The van der Waals surface area contributed by atoms with E-state index in [2.05, 4.69) is 0 Å². The third kappa shape index (κ3) is 3.61. The fraction of sp³-hybridized carbons (Fsp3) is 0.538. The zero-order valence-electron chi connectivity index (χ0n) is 11.9. The average Bonchev–Trinajstić information content (AvgIpc) is 2.35. The van der Waals surface area contributed by atoms with Gasteiger partial charge in [-0.2, -0.15) is 4.31 Å². The molecule has 1 aromatic carbocycles. The molecule has 0 aliphatic rings. The highest BCUT2D eigenvalue weighted by Gasteiger charge is 2.27. The van der Waals surface area contributed by atoms with Gasteiger partial charge in [-0.3, -0.25) is 0 Å². The van der Waals surface area contributed by atoms with Gasteiger partial charge < -0.3 is 10.5 Å². The molecular weight excluding hydrogens is 264 g/mol. The molecule has 0 unspecified atom stereocenters. The van der Waals surface area contributed by atoms with Gasteiger partial charge in [-0.25, -0.2) is 8.42 Å². The molecule has 0 fully saturated rings. The minimum Gasteiger partial charge on any atom is -0.495 e. The summed E-state index contributed by atoms with van der Waals surface area (Å²) in [5.41, 5.74) is 6.09. The van der Waals surface area contributed by atoms with Crippen LogP contribution in [0.15, 0.2) is 23.1 Å². The number of anilines is 1. The second-order valence-electron chi connectivity index (χ2n) is 4.76. The zero-order valence-corrected chi connectivity index (χ0v) is 12.7. The standard InChI is InChI=1S/C13H22N2O3S/c1-5-15(9-10(2)3)19(16,17)13-8-11(14)6-7-12(13)18-4/h6-8,10H,5,9,14H2,1-4H3. The van der Waals surface area contributed by atoms with Crippen molar-refractivity contribution < 1.29 is 13.2 Å². The highest BCUT2D eigenvalue weighted by molar-refractivity contribution is 7.89. The molecular formula is C13H22N2O3S. The molecule has 0 radical (unpaired) electrons. The summed E-state index contributed by atoms with van der Waals surface area (Å²) in [6, 6.07) is 4.64. The highest BCUT2D eigenvalue weighted by atomic mass is 32.2. The molecule has 6 heteroatoms. The number of ether oxygens (including phenoxy) is 1. The zero-order chi connectivity index (χ0) is 14.6. The van der Waals surface area contributed by atoms with Crippen molar-refractivity contribution in [2.24, 2.45) is 5.92 Å². The highest BCUT2D eigenvalue weighted by Crippen LogP contribution is 2.29. The van der Waals surface area contributed by atoms with Crippen LogP contribution in [0.25, 0.3) is 0 Å². The van der Waals surface area contributed by atoms with Gasteiger partial charge in [0.05, 0.1) is 7.11 Å². The van der Waals surface area contributed by atoms with Gasteiger partial charge in [0, 0.05) is 18.8 Å². The average molecular weight is 286 g/mol. The lowest BCUT2D eigenvalue weighted by Crippen LogP contribution is -2.34. The van der Waals surface area contributed by atoms with E-state index in [0.29, 0.717) is 24.5 Å². The first-order valence-corrected chi connectivity index (χ1v) is 7.70. The van der Waals surface area contributed by atoms with Crippen molar-refractivity contribution in [3.05, 3.63) is 18.2 Å². The monoisotopic (exact) mass is 286 g/mol. The molecule has 0 heterocycles. The van der Waals surface area contributed by atoms with Crippen LogP contribution in [0.4, 0.5) is 5.69 Å². The Morgan fingerprint density at radius 1 is 1.37 bits per heavy atom. The van der Waals surface area contributed by atoms with Crippen molar-refractivity contribution in [2.45, 2.75) is 25.7 Å². The lowest BCUT2D eigenvalue weighted by molar-refractivity contribution is 0.371. The maximum Gasteiger partial charge on any atom is 0.246 e. The maximum absolute atomic E-state index is 12.6. The largest absolute Gasteiger partial charge is 0.495 e. The van der Waals surface area contributed by atoms with E-state index in [-0.39, 0.29) is 10.8 Å². The van der Waals surface area contributed by atoms with Crippen LogP contribution in [0.2, 0.25) is 0 Å². The molecule has 1 aromatic rings. The molecule has 0 atom stereocenters. The fourth-order valence-electron chi connectivity index (χ4n) is 1.84. The number of nitrogens with two attached hydrogens (primary N) is 1. The molecule has 0 aliphatic carbocycles. The van der Waals surface area contributed by atoms with Gasteiger partial charge in [0.1, 0.15) is 10.6 Å². The molecule has 0 bridgehead atoms. The van der Waals surface area contributed by atoms with Gasteiger partial charge >= 0.3 is 0 Å². The molecule has 0 aliphatic heterocycles. The molecule has 19 heavy (non-hydrogen) atoms. The van der Waals surface area contributed by atoms with Crippen molar-refractivity contribution in [2.75, 3.05) is 25.9 Å². The van der Waals surface area contributed by atoms with Crippen LogP contribution in [0.3, 0.4) is 0 Å². The molecule has 5 nitrogen and oxygen atoms in total. The topological polar surface area (TPSA) is 72.6 Å². The summed E-state index contributed by atoms with van der Waals surface area (Å²) >= 11 is 0. The SMILES string of the molecule is CCN(CC(C)C)S(=O)(=O)c1cc(N)ccc1OC. The predicted molar refractivity (Wildman–Crippen MR) is 76.7 cm³/mol. The number of rotatable bonds is 6. The van der Waals surface area contributed by atoms with Crippen LogP contribution >= 0.6 is 0 Å². The first-order valence-electron chi connectivity index (χ1n) is 6.26. The summed E-state index contributed by atoms with van der Waals surface area (Å²) in [7, 11) is -2.14. The quantitative estimate of drug-likeness (QED) is 0.811. The summed E-state index contributed by atoms with van der Waals surface area (Å²) in [4.78, 5) is 0.123. The second-order valence-corrected chi connectivity index (χ2v) is 6.67. The Balaban J connectivity index is 3.28. The second kappa shape index (κ2) is 6.25. The normalized spacial score (nSPS) is 12.1. The van der Waals surface area contributed by atoms with Gasteiger partial charge in [0.15, 0.2) is 0 Å². The first kappa shape index (κ1) is 15.8. The van der Waals surface area contributed by atoms with Crippen LogP contribution in [0, 0.1) is 5.92 Å². The maximum atomic E-state index is 12.6.